The van der Waals surface area contributed by atoms with E-state index in [1.807, 2.05) is 18.2 Å². The van der Waals surface area contributed by atoms with Crippen molar-refractivity contribution in [2.45, 2.75) is 37.3 Å². The second-order valence-electron chi connectivity index (χ2n) is 5.82. The summed E-state index contributed by atoms with van der Waals surface area (Å²) in [5, 5.41) is 13.5. The number of rotatable bonds is 2. The highest BCUT2D eigenvalue weighted by Gasteiger charge is 2.45. The Balaban J connectivity index is 1.96. The summed E-state index contributed by atoms with van der Waals surface area (Å²) in [5.74, 6) is 0.565. The van der Waals surface area contributed by atoms with Crippen LogP contribution in [0.4, 0.5) is 0 Å². The Hall–Kier alpha value is -0.770. The number of piperidine rings is 1. The Morgan fingerprint density at radius 1 is 1.30 bits per heavy atom. The molecule has 0 saturated carbocycles. The SMILES string of the molecule is CN1[C@H]2CC[C@@H]1[C@H](/C=N\O)[C@@H](c1ccc(Cl)c(Cl)c1)C2. The minimum Gasteiger partial charge on any atom is -0.411 e. The molecule has 2 aliphatic heterocycles. The quantitative estimate of drug-likeness (QED) is 0.508. The maximum absolute atomic E-state index is 9.00. The molecule has 0 unspecified atom stereocenters. The maximum Gasteiger partial charge on any atom is 0.0595 e. The van der Waals surface area contributed by atoms with Crippen LogP contribution in [-0.4, -0.2) is 35.5 Å². The molecule has 4 atom stereocenters. The highest BCUT2D eigenvalue weighted by atomic mass is 35.5. The number of hydrogen-bond donors (Lipinski definition) is 1. The molecule has 20 heavy (non-hydrogen) atoms. The molecule has 0 radical (unpaired) electrons. The first-order valence-electron chi connectivity index (χ1n) is 6.96. The topological polar surface area (TPSA) is 35.8 Å². The first kappa shape index (κ1) is 14.2. The normalized spacial score (nSPS) is 34.0. The Labute approximate surface area is 129 Å². The van der Waals surface area contributed by atoms with Crippen LogP contribution < -0.4 is 0 Å². The van der Waals surface area contributed by atoms with Gasteiger partial charge in [0.15, 0.2) is 0 Å². The fourth-order valence-electron chi connectivity index (χ4n) is 3.89. The van der Waals surface area contributed by atoms with Crippen LogP contribution in [0.3, 0.4) is 0 Å². The Morgan fingerprint density at radius 2 is 2.10 bits per heavy atom. The van der Waals surface area contributed by atoms with Crippen molar-refractivity contribution in [3.63, 3.8) is 0 Å². The van der Waals surface area contributed by atoms with E-state index >= 15 is 0 Å². The molecular weight excluding hydrogens is 295 g/mol. The molecule has 2 fully saturated rings. The molecule has 2 aliphatic rings. The zero-order valence-electron chi connectivity index (χ0n) is 11.3. The molecular formula is C15H18Cl2N2O. The first-order valence-corrected chi connectivity index (χ1v) is 7.72. The molecule has 3 nitrogen and oxygen atoms in total. The molecule has 0 aromatic heterocycles. The van der Waals surface area contributed by atoms with Crippen LogP contribution in [0.25, 0.3) is 0 Å². The van der Waals surface area contributed by atoms with Crippen molar-refractivity contribution < 1.29 is 5.21 Å². The lowest BCUT2D eigenvalue weighted by Gasteiger charge is -2.41. The van der Waals surface area contributed by atoms with Crippen molar-refractivity contribution in [1.82, 2.24) is 4.90 Å². The van der Waals surface area contributed by atoms with Crippen LogP contribution in [0.15, 0.2) is 23.4 Å². The van der Waals surface area contributed by atoms with Crippen LogP contribution >= 0.6 is 23.2 Å². The van der Waals surface area contributed by atoms with Crippen LogP contribution in [0.2, 0.25) is 10.0 Å². The predicted octanol–water partition coefficient (Wildman–Crippen LogP) is 4.02. The minimum absolute atomic E-state index is 0.223. The number of halogens is 2. The second-order valence-corrected chi connectivity index (χ2v) is 6.64. The third-order valence-electron chi connectivity index (χ3n) is 4.94. The van der Waals surface area contributed by atoms with Gasteiger partial charge in [0.1, 0.15) is 0 Å². The molecule has 1 aromatic carbocycles. The third-order valence-corrected chi connectivity index (χ3v) is 5.68. The van der Waals surface area contributed by atoms with E-state index in [0.717, 1.165) is 12.8 Å². The lowest BCUT2D eigenvalue weighted by Crippen LogP contribution is -2.46. The van der Waals surface area contributed by atoms with E-state index in [0.29, 0.717) is 28.0 Å². The summed E-state index contributed by atoms with van der Waals surface area (Å²) in [6, 6.07) is 6.92. The zero-order chi connectivity index (χ0) is 14.3. The van der Waals surface area contributed by atoms with E-state index in [1.54, 1.807) is 6.21 Å². The van der Waals surface area contributed by atoms with Gasteiger partial charge in [0.25, 0.3) is 0 Å². The van der Waals surface area contributed by atoms with Crippen molar-refractivity contribution in [1.29, 1.82) is 0 Å². The average Bonchev–Trinajstić information content (AvgIpc) is 2.67. The molecule has 2 bridgehead atoms. The van der Waals surface area contributed by atoms with E-state index in [-0.39, 0.29) is 5.92 Å². The summed E-state index contributed by atoms with van der Waals surface area (Å²) in [7, 11) is 2.17. The Morgan fingerprint density at radius 3 is 2.80 bits per heavy atom. The van der Waals surface area contributed by atoms with E-state index in [9.17, 15) is 0 Å². The largest absolute Gasteiger partial charge is 0.411 e. The first-order chi connectivity index (χ1) is 9.61. The lowest BCUT2D eigenvalue weighted by molar-refractivity contribution is 0.133. The Kier molecular flexibility index (Phi) is 3.93. The minimum atomic E-state index is 0.223. The van der Waals surface area contributed by atoms with E-state index < -0.39 is 0 Å². The summed E-state index contributed by atoms with van der Waals surface area (Å²) in [6.07, 6.45) is 5.14. The van der Waals surface area contributed by atoms with Gasteiger partial charge >= 0.3 is 0 Å². The van der Waals surface area contributed by atoms with Gasteiger partial charge in [0.05, 0.1) is 10.0 Å². The van der Waals surface area contributed by atoms with E-state index in [2.05, 4.69) is 17.1 Å². The van der Waals surface area contributed by atoms with Crippen molar-refractivity contribution in [3.8, 4) is 0 Å². The average molecular weight is 313 g/mol. The number of hydrogen-bond acceptors (Lipinski definition) is 3. The van der Waals surface area contributed by atoms with Gasteiger partial charge in [-0.3, -0.25) is 4.90 Å². The van der Waals surface area contributed by atoms with E-state index in [4.69, 9.17) is 28.4 Å². The number of nitrogens with zero attached hydrogens (tertiary/aromatic N) is 2. The highest BCUT2D eigenvalue weighted by molar-refractivity contribution is 6.42. The fourth-order valence-corrected chi connectivity index (χ4v) is 4.20. The van der Waals surface area contributed by atoms with Gasteiger partial charge in [-0.05, 0) is 49.9 Å². The van der Waals surface area contributed by atoms with Gasteiger partial charge in [0, 0.05) is 24.2 Å². The molecule has 3 rings (SSSR count). The maximum atomic E-state index is 9.00. The van der Waals surface area contributed by atoms with Crippen LogP contribution in [0.1, 0.15) is 30.7 Å². The van der Waals surface area contributed by atoms with Gasteiger partial charge in [0.2, 0.25) is 0 Å². The fraction of sp³-hybridized carbons (Fsp3) is 0.533. The van der Waals surface area contributed by atoms with Crippen LogP contribution in [0.5, 0.6) is 0 Å². The lowest BCUT2D eigenvalue weighted by atomic mass is 9.77. The van der Waals surface area contributed by atoms with Gasteiger partial charge in [-0.2, -0.15) is 0 Å². The monoisotopic (exact) mass is 312 g/mol. The van der Waals surface area contributed by atoms with E-state index in [1.165, 1.54) is 12.0 Å². The molecule has 2 saturated heterocycles. The van der Waals surface area contributed by atoms with Crippen molar-refractivity contribution >= 4 is 29.4 Å². The Bertz CT molecular complexity index is 535. The van der Waals surface area contributed by atoms with Crippen LogP contribution in [-0.2, 0) is 0 Å². The molecule has 0 amide bonds. The smallest absolute Gasteiger partial charge is 0.0595 e. The summed E-state index contributed by atoms with van der Waals surface area (Å²) in [4.78, 5) is 2.43. The van der Waals surface area contributed by atoms with Crippen molar-refractivity contribution in [2.24, 2.45) is 11.1 Å². The zero-order valence-corrected chi connectivity index (χ0v) is 12.8. The van der Waals surface area contributed by atoms with Gasteiger partial charge in [-0.15, -0.1) is 5.16 Å². The van der Waals surface area contributed by atoms with Gasteiger partial charge in [-0.1, -0.05) is 29.3 Å². The predicted molar refractivity (Wildman–Crippen MR) is 82.2 cm³/mol. The molecule has 2 heterocycles. The third kappa shape index (κ3) is 2.32. The number of benzene rings is 1. The van der Waals surface area contributed by atoms with Gasteiger partial charge in [-0.25, -0.2) is 0 Å². The van der Waals surface area contributed by atoms with Crippen molar-refractivity contribution in [3.05, 3.63) is 33.8 Å². The summed E-state index contributed by atoms with van der Waals surface area (Å²) in [6.45, 7) is 0. The van der Waals surface area contributed by atoms with Gasteiger partial charge < -0.3 is 5.21 Å². The van der Waals surface area contributed by atoms with Crippen molar-refractivity contribution in [2.75, 3.05) is 7.05 Å². The molecule has 5 heteroatoms. The molecule has 0 spiro atoms. The molecule has 0 aliphatic carbocycles. The summed E-state index contributed by atoms with van der Waals surface area (Å²) < 4.78 is 0. The molecule has 1 aromatic rings. The van der Waals surface area contributed by atoms with Crippen LogP contribution in [0, 0.1) is 5.92 Å². The summed E-state index contributed by atoms with van der Waals surface area (Å²) in [5.41, 5.74) is 1.19. The molecule has 108 valence electrons. The molecule has 1 N–H and O–H groups in total. The number of fused-ring (bicyclic) bond motifs is 2. The number of oxime groups is 1. The standard InChI is InChI=1S/C15H18Cl2N2O/c1-19-10-3-5-15(19)12(8-18-20)11(7-10)9-2-4-13(16)14(17)6-9/h2,4,6,8,10-12,15,20H,3,5,7H2,1H3/b18-8-/t10-,11+,12+,15+/m0/s1. The summed E-state index contributed by atoms with van der Waals surface area (Å²) >= 11 is 12.2. The second kappa shape index (κ2) is 5.55. The highest BCUT2D eigenvalue weighted by Crippen LogP contribution is 2.46.